The zero-order valence-electron chi connectivity index (χ0n) is 9.78. The molecule has 1 aromatic carbocycles. The summed E-state index contributed by atoms with van der Waals surface area (Å²) in [6.07, 6.45) is 3.66. The molecule has 0 bridgehead atoms. The van der Waals surface area contributed by atoms with Crippen molar-refractivity contribution in [2.24, 2.45) is 0 Å². The first-order valence-electron chi connectivity index (χ1n) is 5.52. The molecule has 0 saturated carbocycles. The lowest BCUT2D eigenvalue weighted by atomic mass is 10.1. The Morgan fingerprint density at radius 1 is 1.35 bits per heavy atom. The van der Waals surface area contributed by atoms with Crippen molar-refractivity contribution in [2.75, 3.05) is 0 Å². The lowest BCUT2D eigenvalue weighted by Gasteiger charge is -2.03. The lowest BCUT2D eigenvalue weighted by Crippen LogP contribution is -1.83. The van der Waals surface area contributed by atoms with E-state index >= 15 is 0 Å². The van der Waals surface area contributed by atoms with Gasteiger partial charge in [-0.2, -0.15) is 0 Å². The molecule has 0 fully saturated rings. The van der Waals surface area contributed by atoms with Crippen LogP contribution in [0.15, 0.2) is 41.1 Å². The van der Waals surface area contributed by atoms with Crippen molar-refractivity contribution in [1.82, 2.24) is 8.96 Å². The number of hydrogen-bond acceptors (Lipinski definition) is 2. The van der Waals surface area contributed by atoms with Crippen LogP contribution in [0.4, 0.5) is 4.39 Å². The van der Waals surface area contributed by atoms with Crippen molar-refractivity contribution >= 4 is 68.9 Å². The van der Waals surface area contributed by atoms with Crippen LogP contribution in [0.5, 0.6) is 0 Å². The van der Waals surface area contributed by atoms with E-state index in [0.29, 0.717) is 5.56 Å². The van der Waals surface area contributed by atoms with Gasteiger partial charge in [-0.05, 0) is 28.1 Å². The highest BCUT2D eigenvalue weighted by atomic mass is 127. The van der Waals surface area contributed by atoms with Gasteiger partial charge in [0, 0.05) is 63.7 Å². The highest BCUT2D eigenvalue weighted by Gasteiger charge is 2.16. The van der Waals surface area contributed by atoms with E-state index in [9.17, 15) is 4.39 Å². The Labute approximate surface area is 144 Å². The third-order valence-corrected chi connectivity index (χ3v) is 5.41. The number of fused-ring (bicyclic) bond motifs is 1. The third-order valence-electron chi connectivity index (χ3n) is 2.89. The second-order valence-electron chi connectivity index (χ2n) is 4.06. The van der Waals surface area contributed by atoms with E-state index < -0.39 is 5.82 Å². The van der Waals surface area contributed by atoms with E-state index in [4.69, 9.17) is 11.6 Å². The first-order valence-corrected chi connectivity index (χ1v) is 10.0. The monoisotopic (exact) mass is 482 g/mol. The van der Waals surface area contributed by atoms with Crippen LogP contribution in [0.3, 0.4) is 0 Å². The van der Waals surface area contributed by atoms with Gasteiger partial charge in [-0.15, -0.1) is 0 Å². The van der Waals surface area contributed by atoms with E-state index in [1.165, 1.54) is 15.2 Å². The molecule has 0 aliphatic rings. The van der Waals surface area contributed by atoms with Crippen molar-refractivity contribution in [3.63, 3.8) is 0 Å². The van der Waals surface area contributed by atoms with Gasteiger partial charge >= 0.3 is 0 Å². The first kappa shape index (κ1) is 14.6. The summed E-state index contributed by atoms with van der Waals surface area (Å²) in [5.41, 5.74) is 2.35. The molecule has 20 heavy (non-hydrogen) atoms. The maximum Gasteiger partial charge on any atom is 0.151 e. The summed E-state index contributed by atoms with van der Waals surface area (Å²) < 4.78 is 16.5. The molecular formula is C13H6BrClFIN2S. The van der Waals surface area contributed by atoms with E-state index in [1.807, 2.05) is 22.3 Å². The molecule has 2 nitrogen and oxygen atoms in total. The summed E-state index contributed by atoms with van der Waals surface area (Å²) in [7, 11) is 1.50. The summed E-state index contributed by atoms with van der Waals surface area (Å²) in [6.45, 7) is 0. The van der Waals surface area contributed by atoms with Crippen molar-refractivity contribution < 1.29 is 4.39 Å². The predicted octanol–water partition coefficient (Wildman–Crippen LogP) is 6.10. The van der Waals surface area contributed by atoms with Gasteiger partial charge in [-0.3, -0.25) is 3.97 Å². The summed E-state index contributed by atoms with van der Waals surface area (Å²) in [5, 5.41) is 1.06. The molecule has 102 valence electrons. The normalized spacial score (nSPS) is 11.2. The molecule has 0 saturated heterocycles. The average Bonchev–Trinajstić information content (AvgIpc) is 2.79. The molecule has 0 spiro atoms. The molecular weight excluding hydrogens is 477 g/mol. The highest BCUT2D eigenvalue weighted by Crippen LogP contribution is 2.38. The molecule has 0 amide bonds. The lowest BCUT2D eigenvalue weighted by molar-refractivity contribution is 0.629. The molecule has 3 rings (SSSR count). The molecule has 0 unspecified atom stereocenters. The minimum Gasteiger partial charge on any atom is -0.265 e. The Balaban J connectivity index is 2.36. The van der Waals surface area contributed by atoms with E-state index in [-0.39, 0.29) is 5.02 Å². The SMILES string of the molecule is Fc1cccc(-c2cn(SI)c3ncc(Br)cc23)c1Cl. The Kier molecular flexibility index (Phi) is 4.26. The van der Waals surface area contributed by atoms with Gasteiger partial charge in [0.1, 0.15) is 5.82 Å². The highest BCUT2D eigenvalue weighted by molar-refractivity contribution is 14.2. The summed E-state index contributed by atoms with van der Waals surface area (Å²) in [5.74, 6) is -0.421. The Morgan fingerprint density at radius 3 is 2.90 bits per heavy atom. The van der Waals surface area contributed by atoms with Crippen LogP contribution in [-0.4, -0.2) is 8.96 Å². The second kappa shape index (κ2) is 5.82. The van der Waals surface area contributed by atoms with Gasteiger partial charge < -0.3 is 0 Å². The number of pyridine rings is 1. The van der Waals surface area contributed by atoms with Gasteiger partial charge in [0.25, 0.3) is 0 Å². The molecule has 0 N–H and O–H groups in total. The van der Waals surface area contributed by atoms with Gasteiger partial charge in [-0.25, -0.2) is 9.37 Å². The number of rotatable bonds is 2. The standard InChI is InChI=1S/C13H6BrClFIN2S/c14-7-4-9-10(6-19(20-17)13(9)18-5-7)8-2-1-3-11(16)12(8)15/h1-6H. The van der Waals surface area contributed by atoms with Crippen LogP contribution in [0, 0.1) is 5.82 Å². The summed E-state index contributed by atoms with van der Waals surface area (Å²) in [6, 6.07) is 6.78. The average molecular weight is 484 g/mol. The molecule has 7 heteroatoms. The fourth-order valence-corrected chi connectivity index (χ4v) is 3.85. The van der Waals surface area contributed by atoms with Gasteiger partial charge in [0.05, 0.1) is 5.02 Å². The zero-order chi connectivity index (χ0) is 14.3. The van der Waals surface area contributed by atoms with E-state index in [0.717, 1.165) is 21.1 Å². The number of hydrogen-bond donors (Lipinski definition) is 0. The van der Waals surface area contributed by atoms with Gasteiger partial charge in [-0.1, -0.05) is 23.7 Å². The molecule has 3 aromatic rings. The van der Waals surface area contributed by atoms with Crippen LogP contribution < -0.4 is 0 Å². The quantitative estimate of drug-likeness (QED) is 0.410. The number of aromatic nitrogens is 2. The minimum absolute atomic E-state index is 0.130. The Hall–Kier alpha value is -0.310. The number of halogens is 4. The zero-order valence-corrected chi connectivity index (χ0v) is 15.1. The van der Waals surface area contributed by atoms with Crippen LogP contribution >= 0.6 is 57.9 Å². The molecule has 0 aliphatic heterocycles. The van der Waals surface area contributed by atoms with Crippen molar-refractivity contribution in [2.45, 2.75) is 0 Å². The fraction of sp³-hybridized carbons (Fsp3) is 0. The van der Waals surface area contributed by atoms with Crippen LogP contribution in [0.1, 0.15) is 0 Å². The van der Waals surface area contributed by atoms with Gasteiger partial charge in [0.2, 0.25) is 0 Å². The maximum atomic E-state index is 13.7. The fourth-order valence-electron chi connectivity index (χ4n) is 2.03. The minimum atomic E-state index is -0.421. The summed E-state index contributed by atoms with van der Waals surface area (Å²) >= 11 is 11.7. The number of nitrogens with zero attached hydrogens (tertiary/aromatic N) is 2. The predicted molar refractivity (Wildman–Crippen MR) is 94.8 cm³/mol. The van der Waals surface area contributed by atoms with E-state index in [1.54, 1.807) is 12.3 Å². The van der Waals surface area contributed by atoms with Crippen molar-refractivity contribution in [1.29, 1.82) is 0 Å². The topological polar surface area (TPSA) is 17.8 Å². The smallest absolute Gasteiger partial charge is 0.151 e. The molecule has 0 radical (unpaired) electrons. The molecule has 2 heterocycles. The van der Waals surface area contributed by atoms with Crippen molar-refractivity contribution in [3.05, 3.63) is 52.0 Å². The van der Waals surface area contributed by atoms with E-state index in [2.05, 4.69) is 42.1 Å². The first-order chi connectivity index (χ1) is 9.61. The Bertz CT molecular complexity index is 808. The van der Waals surface area contributed by atoms with Crippen LogP contribution in [-0.2, 0) is 0 Å². The summed E-state index contributed by atoms with van der Waals surface area (Å²) in [4.78, 5) is 4.40. The molecule has 0 aliphatic carbocycles. The van der Waals surface area contributed by atoms with Crippen LogP contribution in [0.2, 0.25) is 5.02 Å². The largest absolute Gasteiger partial charge is 0.265 e. The molecule has 2 aromatic heterocycles. The number of benzene rings is 1. The third kappa shape index (κ3) is 2.47. The van der Waals surface area contributed by atoms with Crippen LogP contribution in [0.25, 0.3) is 22.2 Å². The second-order valence-corrected chi connectivity index (χ2v) is 7.07. The maximum absolute atomic E-state index is 13.7. The van der Waals surface area contributed by atoms with Crippen molar-refractivity contribution in [3.8, 4) is 11.1 Å². The molecule has 0 atom stereocenters. The van der Waals surface area contributed by atoms with Gasteiger partial charge in [0.15, 0.2) is 5.65 Å². The Morgan fingerprint density at radius 2 is 2.15 bits per heavy atom.